The summed E-state index contributed by atoms with van der Waals surface area (Å²) in [6.45, 7) is 4.31. The number of carbonyl (C=O) groups excluding carboxylic acids is 1. The van der Waals surface area contributed by atoms with Gasteiger partial charge in [0.25, 0.3) is 0 Å². The molecule has 0 fully saturated rings. The zero-order valence-corrected chi connectivity index (χ0v) is 12.5. The van der Waals surface area contributed by atoms with Crippen molar-refractivity contribution in [2.24, 2.45) is 7.05 Å². The maximum atomic E-state index is 11.7. The van der Waals surface area contributed by atoms with Crippen molar-refractivity contribution in [3.63, 3.8) is 0 Å². The van der Waals surface area contributed by atoms with Crippen LogP contribution < -0.4 is 15.4 Å². The third kappa shape index (κ3) is 4.52. The lowest BCUT2D eigenvalue weighted by Gasteiger charge is -2.16. The van der Waals surface area contributed by atoms with Crippen LogP contribution in [0.15, 0.2) is 36.5 Å². The number of anilines is 1. The molecule has 0 aliphatic heterocycles. The van der Waals surface area contributed by atoms with E-state index in [0.717, 1.165) is 11.3 Å². The van der Waals surface area contributed by atoms with Crippen molar-refractivity contribution >= 4 is 11.8 Å². The van der Waals surface area contributed by atoms with Gasteiger partial charge in [-0.15, -0.1) is 0 Å². The van der Waals surface area contributed by atoms with Crippen LogP contribution >= 0.6 is 0 Å². The Hall–Kier alpha value is -2.50. The number of amides is 2. The third-order valence-electron chi connectivity index (χ3n) is 2.93. The predicted molar refractivity (Wildman–Crippen MR) is 81.5 cm³/mol. The van der Waals surface area contributed by atoms with Crippen molar-refractivity contribution in [3.8, 4) is 5.75 Å². The minimum Gasteiger partial charge on any atom is -0.489 e. The van der Waals surface area contributed by atoms with Crippen LogP contribution in [0.3, 0.4) is 0 Å². The van der Waals surface area contributed by atoms with E-state index in [4.69, 9.17) is 4.74 Å². The minimum atomic E-state index is -0.297. The maximum absolute atomic E-state index is 11.7. The Morgan fingerprint density at radius 1 is 1.38 bits per heavy atom. The number of aryl methyl sites for hydroxylation is 2. The lowest BCUT2D eigenvalue weighted by atomic mass is 10.2. The number of hydrogen-bond donors (Lipinski definition) is 2. The summed E-state index contributed by atoms with van der Waals surface area (Å²) in [5.74, 6) is 1.35. The van der Waals surface area contributed by atoms with Crippen LogP contribution in [-0.2, 0) is 7.05 Å². The molecule has 0 unspecified atom stereocenters. The first kappa shape index (κ1) is 14.9. The summed E-state index contributed by atoms with van der Waals surface area (Å²) in [6, 6.07) is 9.23. The minimum absolute atomic E-state index is 0.124. The Labute approximate surface area is 124 Å². The molecular formula is C15H20N4O2. The van der Waals surface area contributed by atoms with Gasteiger partial charge in [-0.2, -0.15) is 5.10 Å². The fraction of sp³-hybridized carbons (Fsp3) is 0.333. The molecule has 2 amide bonds. The molecule has 1 aromatic heterocycles. The highest BCUT2D eigenvalue weighted by Gasteiger charge is 2.09. The number of aromatic nitrogens is 2. The fourth-order valence-corrected chi connectivity index (χ4v) is 1.83. The van der Waals surface area contributed by atoms with Gasteiger partial charge in [-0.05, 0) is 25.5 Å². The van der Waals surface area contributed by atoms with E-state index in [1.54, 1.807) is 24.0 Å². The van der Waals surface area contributed by atoms with E-state index in [-0.39, 0.29) is 12.1 Å². The molecule has 2 rings (SSSR count). The van der Waals surface area contributed by atoms with Crippen molar-refractivity contribution in [1.82, 2.24) is 15.1 Å². The summed E-state index contributed by atoms with van der Waals surface area (Å²) in [5, 5.41) is 9.48. The number of benzene rings is 1. The lowest BCUT2D eigenvalue weighted by Crippen LogP contribution is -2.36. The van der Waals surface area contributed by atoms with Crippen LogP contribution in [0.2, 0.25) is 0 Å². The van der Waals surface area contributed by atoms with E-state index in [2.05, 4.69) is 15.7 Å². The van der Waals surface area contributed by atoms with Crippen LogP contribution in [0, 0.1) is 6.92 Å². The monoisotopic (exact) mass is 288 g/mol. The summed E-state index contributed by atoms with van der Waals surface area (Å²) >= 11 is 0. The van der Waals surface area contributed by atoms with E-state index >= 15 is 0 Å². The molecule has 1 atom stereocenters. The highest BCUT2D eigenvalue weighted by molar-refractivity contribution is 5.88. The number of urea groups is 1. The molecule has 1 aromatic carbocycles. The number of ether oxygens (including phenoxy) is 1. The molecule has 6 heteroatoms. The summed E-state index contributed by atoms with van der Waals surface area (Å²) < 4.78 is 7.41. The zero-order chi connectivity index (χ0) is 15.2. The molecule has 0 radical (unpaired) electrons. The van der Waals surface area contributed by atoms with E-state index in [1.807, 2.05) is 38.1 Å². The molecule has 112 valence electrons. The van der Waals surface area contributed by atoms with Crippen LogP contribution in [0.1, 0.15) is 12.5 Å². The normalized spacial score (nSPS) is 11.8. The van der Waals surface area contributed by atoms with E-state index in [1.165, 1.54) is 0 Å². The first-order valence-electron chi connectivity index (χ1n) is 6.81. The molecule has 0 aliphatic rings. The van der Waals surface area contributed by atoms with Gasteiger partial charge in [0, 0.05) is 19.3 Å². The van der Waals surface area contributed by atoms with Crippen molar-refractivity contribution in [2.45, 2.75) is 20.0 Å². The Bertz CT molecular complexity index is 609. The number of para-hydroxylation sites is 1. The Kier molecular flexibility index (Phi) is 4.81. The van der Waals surface area contributed by atoms with Gasteiger partial charge in [0.15, 0.2) is 5.82 Å². The molecule has 0 saturated heterocycles. The van der Waals surface area contributed by atoms with E-state index in [9.17, 15) is 4.79 Å². The smallest absolute Gasteiger partial charge is 0.320 e. The van der Waals surface area contributed by atoms with Crippen LogP contribution in [0.5, 0.6) is 5.75 Å². The molecule has 0 spiro atoms. The van der Waals surface area contributed by atoms with Crippen molar-refractivity contribution in [3.05, 3.63) is 42.1 Å². The van der Waals surface area contributed by atoms with Crippen LogP contribution in [0.25, 0.3) is 0 Å². The van der Waals surface area contributed by atoms with E-state index in [0.29, 0.717) is 12.4 Å². The molecule has 6 nitrogen and oxygen atoms in total. The number of nitrogens with one attached hydrogen (secondary N) is 2. The number of hydrogen-bond acceptors (Lipinski definition) is 3. The molecule has 2 aromatic rings. The highest BCUT2D eigenvalue weighted by Crippen LogP contribution is 2.17. The maximum Gasteiger partial charge on any atom is 0.320 e. The zero-order valence-electron chi connectivity index (χ0n) is 12.5. The van der Waals surface area contributed by atoms with Gasteiger partial charge in [0.05, 0.1) is 6.54 Å². The first-order chi connectivity index (χ1) is 10.0. The van der Waals surface area contributed by atoms with E-state index < -0.39 is 0 Å². The Balaban J connectivity index is 1.77. The molecule has 2 N–H and O–H groups in total. The quantitative estimate of drug-likeness (QED) is 0.887. The SMILES string of the molecule is Cc1ccccc1O[C@H](C)CNC(=O)Nc1ccn(C)n1. The average Bonchev–Trinajstić information content (AvgIpc) is 2.84. The summed E-state index contributed by atoms with van der Waals surface area (Å²) in [4.78, 5) is 11.7. The molecule has 0 bridgehead atoms. The van der Waals surface area contributed by atoms with Crippen molar-refractivity contribution in [1.29, 1.82) is 0 Å². The van der Waals surface area contributed by atoms with Gasteiger partial charge in [0.2, 0.25) is 0 Å². The molecular weight excluding hydrogens is 268 g/mol. The topological polar surface area (TPSA) is 68.2 Å². The van der Waals surface area contributed by atoms with Gasteiger partial charge in [-0.3, -0.25) is 10.00 Å². The summed E-state index contributed by atoms with van der Waals surface area (Å²) in [7, 11) is 1.79. The van der Waals surface area contributed by atoms with Gasteiger partial charge in [-0.25, -0.2) is 4.79 Å². The molecule has 0 aliphatic carbocycles. The predicted octanol–water partition coefficient (Wildman–Crippen LogP) is 2.32. The van der Waals surface area contributed by atoms with Gasteiger partial charge in [-0.1, -0.05) is 18.2 Å². The van der Waals surface area contributed by atoms with Crippen molar-refractivity contribution in [2.75, 3.05) is 11.9 Å². The lowest BCUT2D eigenvalue weighted by molar-refractivity contribution is 0.211. The Morgan fingerprint density at radius 2 is 2.14 bits per heavy atom. The molecule has 1 heterocycles. The van der Waals surface area contributed by atoms with Crippen LogP contribution in [0.4, 0.5) is 10.6 Å². The van der Waals surface area contributed by atoms with Gasteiger partial charge < -0.3 is 10.1 Å². The highest BCUT2D eigenvalue weighted by atomic mass is 16.5. The van der Waals surface area contributed by atoms with Gasteiger partial charge >= 0.3 is 6.03 Å². The fourth-order valence-electron chi connectivity index (χ4n) is 1.83. The second-order valence-electron chi connectivity index (χ2n) is 4.90. The largest absolute Gasteiger partial charge is 0.489 e. The second-order valence-corrected chi connectivity index (χ2v) is 4.90. The molecule has 0 saturated carbocycles. The number of nitrogens with zero attached hydrogens (tertiary/aromatic N) is 2. The second kappa shape index (κ2) is 6.78. The molecule has 21 heavy (non-hydrogen) atoms. The summed E-state index contributed by atoms with van der Waals surface area (Å²) in [6.07, 6.45) is 1.64. The average molecular weight is 288 g/mol. The Morgan fingerprint density at radius 3 is 2.81 bits per heavy atom. The number of rotatable bonds is 5. The van der Waals surface area contributed by atoms with Gasteiger partial charge in [0.1, 0.15) is 11.9 Å². The summed E-state index contributed by atoms with van der Waals surface area (Å²) in [5.41, 5.74) is 1.07. The number of carbonyl (C=O) groups is 1. The first-order valence-corrected chi connectivity index (χ1v) is 6.81. The standard InChI is InChI=1S/C15H20N4O2/c1-11-6-4-5-7-13(11)21-12(2)10-16-15(20)17-14-8-9-19(3)18-14/h4-9,12H,10H2,1-3H3,(H2,16,17,18,20)/t12-/m1/s1. The third-order valence-corrected chi connectivity index (χ3v) is 2.93. The van der Waals surface area contributed by atoms with Crippen LogP contribution in [-0.4, -0.2) is 28.5 Å². The van der Waals surface area contributed by atoms with Crippen molar-refractivity contribution < 1.29 is 9.53 Å².